The monoisotopic (exact) mass is 180 g/mol. The highest BCUT2D eigenvalue weighted by Crippen LogP contribution is 2.24. The molecule has 3 N–H and O–H groups in total. The number of nitrogen functional groups attached to an aromatic ring is 1. The third kappa shape index (κ3) is 1.92. The molecule has 1 rings (SSSR count). The van der Waals surface area contributed by atoms with Crippen LogP contribution in [0.4, 0.5) is 11.4 Å². The van der Waals surface area contributed by atoms with Gasteiger partial charge in [-0.2, -0.15) is 0 Å². The minimum atomic E-state index is 0.000379. The van der Waals surface area contributed by atoms with E-state index in [1.165, 1.54) is 0 Å². The second kappa shape index (κ2) is 3.66. The van der Waals surface area contributed by atoms with Crippen LogP contribution >= 0.6 is 0 Å². The van der Waals surface area contributed by atoms with Crippen molar-refractivity contribution in [1.29, 1.82) is 0 Å². The summed E-state index contributed by atoms with van der Waals surface area (Å²) in [5, 5.41) is 8.98. The Morgan fingerprint density at radius 3 is 2.46 bits per heavy atom. The first-order valence-electron chi connectivity index (χ1n) is 4.23. The molecule has 13 heavy (non-hydrogen) atoms. The zero-order valence-electron chi connectivity index (χ0n) is 8.33. The predicted octanol–water partition coefficient (Wildman–Crippen LogP) is 1.14. The van der Waals surface area contributed by atoms with Crippen molar-refractivity contribution in [3.8, 4) is 0 Å². The minimum Gasteiger partial charge on any atom is -0.398 e. The van der Waals surface area contributed by atoms with Gasteiger partial charge in [0.15, 0.2) is 0 Å². The fourth-order valence-electron chi connectivity index (χ4n) is 1.39. The normalized spacial score (nSPS) is 10.2. The van der Waals surface area contributed by atoms with Crippen LogP contribution in [0.2, 0.25) is 0 Å². The SMILES string of the molecule is Cc1cc(CO)c(N)cc1N(C)C. The van der Waals surface area contributed by atoms with Gasteiger partial charge >= 0.3 is 0 Å². The van der Waals surface area contributed by atoms with E-state index in [-0.39, 0.29) is 6.61 Å². The molecule has 0 spiro atoms. The van der Waals surface area contributed by atoms with E-state index < -0.39 is 0 Å². The van der Waals surface area contributed by atoms with E-state index in [0.29, 0.717) is 5.69 Å². The Kier molecular flexibility index (Phi) is 2.78. The smallest absolute Gasteiger partial charge is 0.0702 e. The molecule has 0 aliphatic rings. The molecule has 1 aromatic rings. The molecule has 0 unspecified atom stereocenters. The van der Waals surface area contributed by atoms with E-state index in [2.05, 4.69) is 0 Å². The predicted molar refractivity (Wildman–Crippen MR) is 55.8 cm³/mol. The maximum Gasteiger partial charge on any atom is 0.0702 e. The molecule has 0 bridgehead atoms. The molecule has 0 heterocycles. The second-order valence-electron chi connectivity index (χ2n) is 3.39. The number of hydrogen-bond donors (Lipinski definition) is 2. The Morgan fingerprint density at radius 1 is 1.38 bits per heavy atom. The minimum absolute atomic E-state index is 0.000379. The molecule has 0 aliphatic heterocycles. The maximum atomic E-state index is 8.98. The van der Waals surface area contributed by atoms with Crippen molar-refractivity contribution in [3.05, 3.63) is 23.3 Å². The molecule has 3 nitrogen and oxygen atoms in total. The molecular formula is C10H16N2O. The van der Waals surface area contributed by atoms with Crippen LogP contribution in [0.1, 0.15) is 11.1 Å². The van der Waals surface area contributed by atoms with Crippen molar-refractivity contribution < 1.29 is 5.11 Å². The van der Waals surface area contributed by atoms with Crippen LogP contribution in [0, 0.1) is 6.92 Å². The molecule has 72 valence electrons. The molecular weight excluding hydrogens is 164 g/mol. The van der Waals surface area contributed by atoms with E-state index >= 15 is 0 Å². The summed E-state index contributed by atoms with van der Waals surface area (Å²) >= 11 is 0. The number of anilines is 2. The van der Waals surface area contributed by atoms with E-state index in [4.69, 9.17) is 10.8 Å². The van der Waals surface area contributed by atoms with Crippen LogP contribution in [-0.2, 0) is 6.61 Å². The average molecular weight is 180 g/mol. The standard InChI is InChI=1S/C10H16N2O/c1-7-4-8(6-13)9(11)5-10(7)12(2)3/h4-5,13H,6,11H2,1-3H3. The Hall–Kier alpha value is -1.22. The fraction of sp³-hybridized carbons (Fsp3) is 0.400. The summed E-state index contributed by atoms with van der Waals surface area (Å²) in [6.45, 7) is 2.01. The summed E-state index contributed by atoms with van der Waals surface area (Å²) < 4.78 is 0. The van der Waals surface area contributed by atoms with Gasteiger partial charge in [-0.05, 0) is 24.6 Å². The lowest BCUT2D eigenvalue weighted by Gasteiger charge is -2.17. The molecule has 0 atom stereocenters. The van der Waals surface area contributed by atoms with Crippen molar-refractivity contribution in [3.63, 3.8) is 0 Å². The van der Waals surface area contributed by atoms with E-state index in [9.17, 15) is 0 Å². The number of aliphatic hydroxyl groups excluding tert-OH is 1. The third-order valence-electron chi connectivity index (χ3n) is 2.11. The lowest BCUT2D eigenvalue weighted by Crippen LogP contribution is -2.11. The van der Waals surface area contributed by atoms with Crippen LogP contribution in [0.25, 0.3) is 0 Å². The highest BCUT2D eigenvalue weighted by atomic mass is 16.3. The number of rotatable bonds is 2. The van der Waals surface area contributed by atoms with Gasteiger partial charge in [-0.1, -0.05) is 0 Å². The van der Waals surface area contributed by atoms with Gasteiger partial charge in [0, 0.05) is 31.0 Å². The molecule has 0 saturated heterocycles. The van der Waals surface area contributed by atoms with E-state index in [0.717, 1.165) is 16.8 Å². The van der Waals surface area contributed by atoms with Gasteiger partial charge in [0.1, 0.15) is 0 Å². The second-order valence-corrected chi connectivity index (χ2v) is 3.39. The summed E-state index contributed by atoms with van der Waals surface area (Å²) in [6, 6.07) is 3.81. The number of aryl methyl sites for hydroxylation is 1. The summed E-state index contributed by atoms with van der Waals surface area (Å²) in [4.78, 5) is 2.01. The average Bonchev–Trinajstić information content (AvgIpc) is 2.07. The highest BCUT2D eigenvalue weighted by molar-refractivity contribution is 5.63. The zero-order chi connectivity index (χ0) is 10.0. The van der Waals surface area contributed by atoms with Crippen molar-refractivity contribution in [2.75, 3.05) is 24.7 Å². The zero-order valence-corrected chi connectivity index (χ0v) is 8.33. The van der Waals surface area contributed by atoms with Gasteiger partial charge < -0.3 is 15.7 Å². The Labute approximate surface area is 78.8 Å². The number of hydrogen-bond acceptors (Lipinski definition) is 3. The first-order chi connectivity index (χ1) is 6.06. The quantitative estimate of drug-likeness (QED) is 0.671. The number of benzene rings is 1. The summed E-state index contributed by atoms with van der Waals surface area (Å²) in [7, 11) is 3.95. The molecule has 1 aromatic carbocycles. The first-order valence-corrected chi connectivity index (χ1v) is 4.23. The number of nitrogens with two attached hydrogens (primary N) is 1. The van der Waals surface area contributed by atoms with E-state index in [1.807, 2.05) is 38.1 Å². The maximum absolute atomic E-state index is 8.98. The van der Waals surface area contributed by atoms with E-state index in [1.54, 1.807) is 0 Å². The molecule has 0 aliphatic carbocycles. The Bertz CT molecular complexity index is 308. The van der Waals surface area contributed by atoms with Crippen LogP contribution in [0.5, 0.6) is 0 Å². The largest absolute Gasteiger partial charge is 0.398 e. The Balaban J connectivity index is 3.20. The van der Waals surface area contributed by atoms with Crippen LogP contribution in [0.3, 0.4) is 0 Å². The van der Waals surface area contributed by atoms with Crippen LogP contribution in [0.15, 0.2) is 12.1 Å². The van der Waals surface area contributed by atoms with Crippen molar-refractivity contribution in [2.45, 2.75) is 13.5 Å². The molecule has 0 amide bonds. The molecule has 0 radical (unpaired) electrons. The van der Waals surface area contributed by atoms with Crippen LogP contribution < -0.4 is 10.6 Å². The third-order valence-corrected chi connectivity index (χ3v) is 2.11. The lowest BCUT2D eigenvalue weighted by molar-refractivity contribution is 0.282. The summed E-state index contributed by atoms with van der Waals surface area (Å²) in [5.74, 6) is 0. The van der Waals surface area contributed by atoms with Gasteiger partial charge in [0.05, 0.1) is 6.61 Å². The van der Waals surface area contributed by atoms with Gasteiger partial charge in [-0.3, -0.25) is 0 Å². The van der Waals surface area contributed by atoms with Crippen LogP contribution in [-0.4, -0.2) is 19.2 Å². The van der Waals surface area contributed by atoms with Gasteiger partial charge in [0.25, 0.3) is 0 Å². The lowest BCUT2D eigenvalue weighted by atomic mass is 10.1. The van der Waals surface area contributed by atoms with Crippen molar-refractivity contribution in [1.82, 2.24) is 0 Å². The molecule has 0 aromatic heterocycles. The topological polar surface area (TPSA) is 49.5 Å². The molecule has 3 heteroatoms. The summed E-state index contributed by atoms with van der Waals surface area (Å²) in [5.41, 5.74) is 9.42. The number of nitrogens with zero attached hydrogens (tertiary/aromatic N) is 1. The number of aliphatic hydroxyl groups is 1. The Morgan fingerprint density at radius 2 is 2.00 bits per heavy atom. The van der Waals surface area contributed by atoms with Crippen molar-refractivity contribution in [2.24, 2.45) is 0 Å². The summed E-state index contributed by atoms with van der Waals surface area (Å²) in [6.07, 6.45) is 0. The molecule has 0 fully saturated rings. The molecule has 0 saturated carbocycles. The first kappa shape index (κ1) is 9.86. The fourth-order valence-corrected chi connectivity index (χ4v) is 1.39. The van der Waals surface area contributed by atoms with Gasteiger partial charge in [-0.25, -0.2) is 0 Å². The van der Waals surface area contributed by atoms with Gasteiger partial charge in [-0.15, -0.1) is 0 Å². The van der Waals surface area contributed by atoms with Crippen molar-refractivity contribution >= 4 is 11.4 Å². The highest BCUT2D eigenvalue weighted by Gasteiger charge is 2.05. The van der Waals surface area contributed by atoms with Gasteiger partial charge in [0.2, 0.25) is 0 Å².